The molecule has 3 unspecified atom stereocenters. The van der Waals surface area contributed by atoms with Gasteiger partial charge in [-0.2, -0.15) is 0 Å². The lowest BCUT2D eigenvalue weighted by atomic mass is 9.70. The Balaban J connectivity index is 2.87. The van der Waals surface area contributed by atoms with E-state index in [4.69, 9.17) is 10.5 Å². The van der Waals surface area contributed by atoms with Crippen LogP contribution in [0.5, 0.6) is 0 Å². The van der Waals surface area contributed by atoms with Gasteiger partial charge in [-0.1, -0.05) is 13.8 Å². The van der Waals surface area contributed by atoms with Crippen molar-refractivity contribution in [1.82, 2.24) is 0 Å². The van der Waals surface area contributed by atoms with Crippen LogP contribution in [0.4, 0.5) is 0 Å². The Hall–Kier alpha value is -0.120. The van der Waals surface area contributed by atoms with Crippen LogP contribution in [0, 0.1) is 5.41 Å². The molecule has 0 radical (unpaired) electrons. The number of hydrogen-bond acceptors (Lipinski definition) is 3. The molecular formula is C10H21NO2. The van der Waals surface area contributed by atoms with Crippen molar-refractivity contribution >= 4 is 0 Å². The first-order chi connectivity index (χ1) is 5.83. The van der Waals surface area contributed by atoms with Crippen molar-refractivity contribution in [2.24, 2.45) is 11.1 Å². The molecule has 0 aliphatic carbocycles. The summed E-state index contributed by atoms with van der Waals surface area (Å²) in [5.41, 5.74) is 4.61. The van der Waals surface area contributed by atoms with Crippen LogP contribution < -0.4 is 5.73 Å². The molecule has 1 heterocycles. The van der Waals surface area contributed by atoms with Crippen molar-refractivity contribution in [2.45, 2.75) is 51.9 Å². The highest BCUT2D eigenvalue weighted by molar-refractivity contribution is 5.03. The zero-order chi connectivity index (χ0) is 10.3. The summed E-state index contributed by atoms with van der Waals surface area (Å²) in [6.07, 6.45) is 0.685. The van der Waals surface area contributed by atoms with Crippen LogP contribution in [0.25, 0.3) is 0 Å². The van der Waals surface area contributed by atoms with E-state index in [1.807, 2.05) is 27.7 Å². The summed E-state index contributed by atoms with van der Waals surface area (Å²) in [4.78, 5) is 0. The van der Waals surface area contributed by atoms with Crippen LogP contribution in [0.2, 0.25) is 0 Å². The summed E-state index contributed by atoms with van der Waals surface area (Å²) in [5, 5.41) is 10.5. The molecule has 3 atom stereocenters. The smallest absolute Gasteiger partial charge is 0.0992 e. The van der Waals surface area contributed by atoms with Gasteiger partial charge in [-0.25, -0.2) is 0 Å². The summed E-state index contributed by atoms with van der Waals surface area (Å²) >= 11 is 0. The highest BCUT2D eigenvalue weighted by atomic mass is 16.5. The van der Waals surface area contributed by atoms with Crippen LogP contribution in [0.15, 0.2) is 0 Å². The fourth-order valence-electron chi connectivity index (χ4n) is 2.12. The Morgan fingerprint density at radius 2 is 2.08 bits per heavy atom. The first kappa shape index (κ1) is 11.0. The molecule has 3 nitrogen and oxygen atoms in total. The van der Waals surface area contributed by atoms with Gasteiger partial charge in [0.25, 0.3) is 0 Å². The zero-order valence-corrected chi connectivity index (χ0v) is 9.00. The predicted octanol–water partition coefficient (Wildman–Crippen LogP) is 0.900. The van der Waals surface area contributed by atoms with Gasteiger partial charge in [0.1, 0.15) is 0 Å². The van der Waals surface area contributed by atoms with E-state index in [0.717, 1.165) is 0 Å². The number of hydrogen-bond donors (Lipinski definition) is 2. The summed E-state index contributed by atoms with van der Waals surface area (Å²) < 4.78 is 5.56. The van der Waals surface area contributed by atoms with Gasteiger partial charge in [-0.3, -0.25) is 0 Å². The molecule has 1 aliphatic rings. The molecule has 0 aromatic heterocycles. The van der Waals surface area contributed by atoms with E-state index in [-0.39, 0.29) is 17.6 Å². The van der Waals surface area contributed by atoms with E-state index >= 15 is 0 Å². The molecule has 1 aliphatic heterocycles. The fourth-order valence-corrected chi connectivity index (χ4v) is 2.12. The molecule has 3 N–H and O–H groups in total. The number of nitrogens with two attached hydrogens (primary N) is 1. The first-order valence-electron chi connectivity index (χ1n) is 4.91. The molecule has 13 heavy (non-hydrogen) atoms. The fraction of sp³-hybridized carbons (Fsp3) is 1.00. The van der Waals surface area contributed by atoms with Gasteiger partial charge in [-0.15, -0.1) is 0 Å². The molecule has 0 spiro atoms. The minimum atomic E-state index is -0.777. The Morgan fingerprint density at radius 3 is 2.38 bits per heavy atom. The second kappa shape index (κ2) is 3.23. The van der Waals surface area contributed by atoms with Gasteiger partial charge in [0, 0.05) is 18.4 Å². The number of rotatable bonds is 2. The molecular weight excluding hydrogens is 166 g/mol. The Morgan fingerprint density at radius 1 is 1.54 bits per heavy atom. The summed E-state index contributed by atoms with van der Waals surface area (Å²) in [6, 6.07) is 0. The van der Waals surface area contributed by atoms with E-state index in [9.17, 15) is 5.11 Å². The van der Waals surface area contributed by atoms with E-state index in [1.54, 1.807) is 0 Å². The third kappa shape index (κ3) is 1.60. The molecule has 0 saturated carbocycles. The lowest BCUT2D eigenvalue weighted by Crippen LogP contribution is -2.53. The molecule has 0 aromatic rings. The van der Waals surface area contributed by atoms with Gasteiger partial charge >= 0.3 is 0 Å². The third-order valence-corrected chi connectivity index (χ3v) is 3.39. The first-order valence-corrected chi connectivity index (χ1v) is 4.91. The van der Waals surface area contributed by atoms with Crippen molar-refractivity contribution in [1.29, 1.82) is 0 Å². The lowest BCUT2D eigenvalue weighted by Gasteiger charge is -2.41. The molecule has 1 saturated heterocycles. The van der Waals surface area contributed by atoms with Gasteiger partial charge < -0.3 is 15.6 Å². The van der Waals surface area contributed by atoms with Crippen LogP contribution >= 0.6 is 0 Å². The van der Waals surface area contributed by atoms with Crippen LogP contribution in [0.1, 0.15) is 34.1 Å². The van der Waals surface area contributed by atoms with E-state index in [2.05, 4.69) is 0 Å². The molecule has 0 aromatic carbocycles. The molecule has 1 fully saturated rings. The van der Waals surface area contributed by atoms with Crippen LogP contribution in [-0.2, 0) is 4.74 Å². The van der Waals surface area contributed by atoms with Crippen molar-refractivity contribution in [3.8, 4) is 0 Å². The highest BCUT2D eigenvalue weighted by Gasteiger charge is 2.52. The molecule has 0 amide bonds. The van der Waals surface area contributed by atoms with Crippen LogP contribution in [-0.4, -0.2) is 29.5 Å². The van der Waals surface area contributed by atoms with Crippen molar-refractivity contribution in [3.05, 3.63) is 0 Å². The second-order valence-corrected chi connectivity index (χ2v) is 4.81. The average molecular weight is 187 g/mol. The molecule has 78 valence electrons. The van der Waals surface area contributed by atoms with Crippen LogP contribution in [0.3, 0.4) is 0 Å². The molecule has 1 rings (SSSR count). The highest BCUT2D eigenvalue weighted by Crippen LogP contribution is 2.43. The number of aliphatic hydroxyl groups is 1. The van der Waals surface area contributed by atoms with Gasteiger partial charge in [0.05, 0.1) is 17.8 Å². The predicted molar refractivity (Wildman–Crippen MR) is 52.4 cm³/mol. The largest absolute Gasteiger partial charge is 0.386 e. The standard InChI is InChI=1S/C10H21NO2/c1-7-5-10(12,8(2)13-7)9(3,4)6-11/h7-8,12H,5-6,11H2,1-4H3. The van der Waals surface area contributed by atoms with Gasteiger partial charge in [-0.05, 0) is 13.8 Å². The van der Waals surface area contributed by atoms with Gasteiger partial charge in [0.2, 0.25) is 0 Å². The van der Waals surface area contributed by atoms with Crippen molar-refractivity contribution in [3.63, 3.8) is 0 Å². The summed E-state index contributed by atoms with van der Waals surface area (Å²) in [7, 11) is 0. The average Bonchev–Trinajstić information content (AvgIpc) is 2.27. The summed E-state index contributed by atoms with van der Waals surface area (Å²) in [6.45, 7) is 8.36. The quantitative estimate of drug-likeness (QED) is 0.675. The third-order valence-electron chi connectivity index (χ3n) is 3.39. The normalized spacial score (nSPS) is 41.1. The minimum Gasteiger partial charge on any atom is -0.386 e. The summed E-state index contributed by atoms with van der Waals surface area (Å²) in [5.74, 6) is 0. The zero-order valence-electron chi connectivity index (χ0n) is 9.00. The lowest BCUT2D eigenvalue weighted by molar-refractivity contribution is -0.105. The van der Waals surface area contributed by atoms with Crippen molar-refractivity contribution < 1.29 is 9.84 Å². The Kier molecular flexibility index (Phi) is 2.72. The maximum absolute atomic E-state index is 10.5. The minimum absolute atomic E-state index is 0.124. The topological polar surface area (TPSA) is 55.5 Å². The Labute approximate surface area is 80.3 Å². The van der Waals surface area contributed by atoms with E-state index in [1.165, 1.54) is 0 Å². The van der Waals surface area contributed by atoms with E-state index in [0.29, 0.717) is 13.0 Å². The van der Waals surface area contributed by atoms with E-state index < -0.39 is 5.60 Å². The van der Waals surface area contributed by atoms with Crippen molar-refractivity contribution in [2.75, 3.05) is 6.54 Å². The number of ether oxygens (including phenoxy) is 1. The Bertz CT molecular complexity index is 193. The monoisotopic (exact) mass is 187 g/mol. The second-order valence-electron chi connectivity index (χ2n) is 4.81. The molecule has 3 heteroatoms. The molecule has 0 bridgehead atoms. The maximum Gasteiger partial charge on any atom is 0.0992 e. The SMILES string of the molecule is CC1CC(O)(C(C)(C)CN)C(C)O1. The maximum atomic E-state index is 10.5. The van der Waals surface area contributed by atoms with Gasteiger partial charge in [0.15, 0.2) is 0 Å².